The largest absolute Gasteiger partial charge is 0.350 e. The van der Waals surface area contributed by atoms with Crippen molar-refractivity contribution in [2.24, 2.45) is 0 Å². The molecule has 2 aromatic heterocycles. The van der Waals surface area contributed by atoms with E-state index in [-0.39, 0.29) is 24.4 Å². The molecule has 2 aromatic carbocycles. The van der Waals surface area contributed by atoms with E-state index in [0.29, 0.717) is 16.6 Å². The Labute approximate surface area is 149 Å². The van der Waals surface area contributed by atoms with Crippen LogP contribution in [-0.4, -0.2) is 36.2 Å². The molecule has 4 rings (SSSR count). The highest BCUT2D eigenvalue weighted by Crippen LogP contribution is 2.13. The van der Waals surface area contributed by atoms with Gasteiger partial charge in [-0.2, -0.15) is 8.75 Å². The molecule has 1 amide bonds. The third-order valence-electron chi connectivity index (χ3n) is 3.81. The molecule has 0 fully saturated rings. The minimum Gasteiger partial charge on any atom is -0.350 e. The maximum atomic E-state index is 13.3. The number of fused-ring (bicyclic) bond motifs is 2. The number of nitrogens with one attached hydrogen (secondary N) is 1. The van der Waals surface area contributed by atoms with Gasteiger partial charge in [-0.25, -0.2) is 9.07 Å². The lowest BCUT2D eigenvalue weighted by Crippen LogP contribution is -2.32. The molecule has 1 N–H and O–H groups in total. The van der Waals surface area contributed by atoms with Gasteiger partial charge < -0.3 is 5.32 Å². The molecule has 4 aromatic rings. The van der Waals surface area contributed by atoms with E-state index in [1.807, 2.05) is 0 Å². The number of carbonyl (C=O) groups is 1. The van der Waals surface area contributed by atoms with Crippen molar-refractivity contribution in [2.75, 3.05) is 6.54 Å². The number of hydrogen-bond donors (Lipinski definition) is 1. The van der Waals surface area contributed by atoms with Gasteiger partial charge in [0.1, 0.15) is 22.4 Å². The molecule has 10 heteroatoms. The summed E-state index contributed by atoms with van der Waals surface area (Å²) in [5.74, 6) is -0.817. The number of carbonyl (C=O) groups excluding carboxylic acids is 1. The zero-order valence-corrected chi connectivity index (χ0v) is 14.0. The first-order valence-electron chi connectivity index (χ1n) is 7.65. The summed E-state index contributed by atoms with van der Waals surface area (Å²) < 4.78 is 22.6. The summed E-state index contributed by atoms with van der Waals surface area (Å²) in [6, 6.07) is 8.77. The first kappa shape index (κ1) is 16.2. The predicted molar refractivity (Wildman–Crippen MR) is 93.5 cm³/mol. The normalized spacial score (nSPS) is 11.1. The van der Waals surface area contributed by atoms with Gasteiger partial charge in [0.15, 0.2) is 0 Å². The SMILES string of the molecule is O=C(NCCn1nnc2ccc(F)cc2c1=O)c1ccc2nsnc2c1. The number of benzene rings is 2. The molecule has 8 nitrogen and oxygen atoms in total. The van der Waals surface area contributed by atoms with Crippen LogP contribution in [0.25, 0.3) is 21.9 Å². The predicted octanol–water partition coefficient (Wildman–Crippen LogP) is 1.37. The first-order valence-corrected chi connectivity index (χ1v) is 8.38. The number of rotatable bonds is 4. The van der Waals surface area contributed by atoms with Gasteiger partial charge in [-0.15, -0.1) is 5.10 Å². The van der Waals surface area contributed by atoms with Crippen LogP contribution in [-0.2, 0) is 6.54 Å². The second-order valence-corrected chi connectivity index (χ2v) is 6.03. The fourth-order valence-electron chi connectivity index (χ4n) is 2.50. The molecule has 0 aliphatic heterocycles. The zero-order chi connectivity index (χ0) is 18.1. The summed E-state index contributed by atoms with van der Waals surface area (Å²) >= 11 is 1.08. The number of hydrogen-bond acceptors (Lipinski definition) is 7. The topological polar surface area (TPSA) is 103 Å². The Morgan fingerprint density at radius 1 is 1.12 bits per heavy atom. The molecule has 0 aliphatic rings. The van der Waals surface area contributed by atoms with Gasteiger partial charge in [0.05, 0.1) is 23.7 Å². The summed E-state index contributed by atoms with van der Waals surface area (Å²) in [6.07, 6.45) is 0. The standard InChI is InChI=1S/C16H11FN6O2S/c17-10-2-4-12-11(8-10)16(25)23(22-19-12)6-5-18-15(24)9-1-3-13-14(7-9)21-26-20-13/h1-4,7-8H,5-6H2,(H,18,24). The van der Waals surface area contributed by atoms with Gasteiger partial charge in [0.25, 0.3) is 11.5 Å². The van der Waals surface area contributed by atoms with Crippen LogP contribution < -0.4 is 10.9 Å². The molecule has 0 atom stereocenters. The fraction of sp³-hybridized carbons (Fsp3) is 0.125. The minimum absolute atomic E-state index is 0.116. The van der Waals surface area contributed by atoms with Crippen LogP contribution in [0.2, 0.25) is 0 Å². The van der Waals surface area contributed by atoms with Crippen LogP contribution in [0.5, 0.6) is 0 Å². The molecule has 2 heterocycles. The number of halogens is 1. The van der Waals surface area contributed by atoms with Gasteiger partial charge >= 0.3 is 0 Å². The highest BCUT2D eigenvalue weighted by Gasteiger charge is 2.10. The van der Waals surface area contributed by atoms with E-state index in [0.717, 1.165) is 28.0 Å². The first-order chi connectivity index (χ1) is 12.6. The van der Waals surface area contributed by atoms with Crippen LogP contribution in [0.1, 0.15) is 10.4 Å². The Bertz CT molecular complexity index is 1190. The number of amides is 1. The van der Waals surface area contributed by atoms with Crippen molar-refractivity contribution in [2.45, 2.75) is 6.54 Å². The van der Waals surface area contributed by atoms with Crippen molar-refractivity contribution in [3.63, 3.8) is 0 Å². The zero-order valence-electron chi connectivity index (χ0n) is 13.2. The van der Waals surface area contributed by atoms with E-state index in [1.165, 1.54) is 12.1 Å². The lowest BCUT2D eigenvalue weighted by Gasteiger charge is -2.07. The smallest absolute Gasteiger partial charge is 0.277 e. The molecule has 0 radical (unpaired) electrons. The molecule has 0 aliphatic carbocycles. The molecule has 130 valence electrons. The van der Waals surface area contributed by atoms with E-state index in [9.17, 15) is 14.0 Å². The van der Waals surface area contributed by atoms with E-state index in [4.69, 9.17) is 0 Å². The molecule has 26 heavy (non-hydrogen) atoms. The third-order valence-corrected chi connectivity index (χ3v) is 4.37. The summed E-state index contributed by atoms with van der Waals surface area (Å²) in [7, 11) is 0. The van der Waals surface area contributed by atoms with Crippen molar-refractivity contribution in [3.05, 3.63) is 58.1 Å². The second kappa shape index (κ2) is 6.56. The Hall–Kier alpha value is -3.27. The lowest BCUT2D eigenvalue weighted by atomic mass is 10.2. The molecular weight excluding hydrogens is 359 g/mol. The molecule has 0 saturated carbocycles. The van der Waals surface area contributed by atoms with E-state index >= 15 is 0 Å². The molecular formula is C16H11FN6O2S. The Morgan fingerprint density at radius 3 is 2.81 bits per heavy atom. The van der Waals surface area contributed by atoms with Crippen LogP contribution >= 0.6 is 11.7 Å². The Kier molecular flexibility index (Phi) is 4.09. The van der Waals surface area contributed by atoms with Crippen LogP contribution in [0.4, 0.5) is 4.39 Å². The van der Waals surface area contributed by atoms with Crippen LogP contribution in [0, 0.1) is 5.82 Å². The van der Waals surface area contributed by atoms with Gasteiger partial charge in [0, 0.05) is 12.1 Å². The van der Waals surface area contributed by atoms with E-state index in [1.54, 1.807) is 18.2 Å². The maximum Gasteiger partial charge on any atom is 0.277 e. The summed E-state index contributed by atoms with van der Waals surface area (Å²) in [6.45, 7) is 0.284. The summed E-state index contributed by atoms with van der Waals surface area (Å²) in [5, 5.41) is 10.5. The summed E-state index contributed by atoms with van der Waals surface area (Å²) in [5.41, 5.74) is 1.70. The van der Waals surface area contributed by atoms with Gasteiger partial charge in [-0.05, 0) is 36.4 Å². The highest BCUT2D eigenvalue weighted by molar-refractivity contribution is 7.00. The fourth-order valence-corrected chi connectivity index (χ4v) is 3.01. The highest BCUT2D eigenvalue weighted by atomic mass is 32.1. The van der Waals surface area contributed by atoms with Crippen molar-refractivity contribution in [3.8, 4) is 0 Å². The quantitative estimate of drug-likeness (QED) is 0.582. The molecule has 0 unspecified atom stereocenters. The second-order valence-electron chi connectivity index (χ2n) is 5.50. The van der Waals surface area contributed by atoms with E-state index < -0.39 is 11.4 Å². The Morgan fingerprint density at radius 2 is 1.92 bits per heavy atom. The summed E-state index contributed by atoms with van der Waals surface area (Å²) in [4.78, 5) is 24.5. The Balaban J connectivity index is 1.47. The monoisotopic (exact) mass is 370 g/mol. The van der Waals surface area contributed by atoms with Crippen LogP contribution in [0.3, 0.4) is 0 Å². The van der Waals surface area contributed by atoms with Gasteiger partial charge in [-0.3, -0.25) is 9.59 Å². The third kappa shape index (κ3) is 3.02. The molecule has 0 bridgehead atoms. The van der Waals surface area contributed by atoms with Crippen molar-refractivity contribution in [1.29, 1.82) is 0 Å². The van der Waals surface area contributed by atoms with Gasteiger partial charge in [0.2, 0.25) is 0 Å². The van der Waals surface area contributed by atoms with Gasteiger partial charge in [-0.1, -0.05) is 5.21 Å². The molecule has 0 spiro atoms. The number of nitrogens with zero attached hydrogens (tertiary/aromatic N) is 5. The van der Waals surface area contributed by atoms with Crippen LogP contribution in [0.15, 0.2) is 41.2 Å². The van der Waals surface area contributed by atoms with Crippen molar-refractivity contribution < 1.29 is 9.18 Å². The van der Waals surface area contributed by atoms with Crippen molar-refractivity contribution in [1.82, 2.24) is 29.1 Å². The molecule has 0 saturated heterocycles. The lowest BCUT2D eigenvalue weighted by molar-refractivity contribution is 0.0951. The maximum absolute atomic E-state index is 13.3. The minimum atomic E-state index is -0.519. The van der Waals surface area contributed by atoms with E-state index in [2.05, 4.69) is 24.4 Å². The number of aromatic nitrogens is 5. The average Bonchev–Trinajstić information content (AvgIpc) is 3.11. The van der Waals surface area contributed by atoms with Crippen molar-refractivity contribution >= 4 is 39.6 Å². The average molecular weight is 370 g/mol.